The standard InChI is InChI=1S/C13H3F9O2/c14-4-1-5(15)7(17)6(16)3(4)2-23-24-13-11(21)9(19)8(18)10(20)12(13)22/h1H,2H2. The third-order valence-electron chi connectivity index (χ3n) is 2.72. The number of rotatable bonds is 4. The summed E-state index contributed by atoms with van der Waals surface area (Å²) in [6.45, 7) is -1.37. The van der Waals surface area contributed by atoms with Crippen LogP contribution in [0.25, 0.3) is 0 Å². The van der Waals surface area contributed by atoms with Crippen molar-refractivity contribution >= 4 is 0 Å². The molecule has 0 atom stereocenters. The summed E-state index contributed by atoms with van der Waals surface area (Å²) >= 11 is 0. The van der Waals surface area contributed by atoms with E-state index in [1.807, 2.05) is 0 Å². The van der Waals surface area contributed by atoms with Crippen LogP contribution < -0.4 is 4.89 Å². The van der Waals surface area contributed by atoms with Crippen molar-refractivity contribution in [2.24, 2.45) is 0 Å². The molecule has 2 aromatic carbocycles. The van der Waals surface area contributed by atoms with Gasteiger partial charge in [-0.2, -0.15) is 13.7 Å². The fourth-order valence-corrected chi connectivity index (χ4v) is 1.54. The first kappa shape index (κ1) is 17.9. The zero-order chi connectivity index (χ0) is 18.2. The molecule has 0 saturated carbocycles. The van der Waals surface area contributed by atoms with E-state index in [9.17, 15) is 39.5 Å². The lowest BCUT2D eigenvalue weighted by molar-refractivity contribution is -0.223. The van der Waals surface area contributed by atoms with E-state index in [1.54, 1.807) is 0 Å². The van der Waals surface area contributed by atoms with Crippen LogP contribution in [-0.4, -0.2) is 0 Å². The van der Waals surface area contributed by atoms with E-state index >= 15 is 0 Å². The second-order valence-corrected chi connectivity index (χ2v) is 4.19. The fourth-order valence-electron chi connectivity index (χ4n) is 1.54. The normalized spacial score (nSPS) is 11.0. The van der Waals surface area contributed by atoms with Gasteiger partial charge in [0.25, 0.3) is 0 Å². The minimum Gasteiger partial charge on any atom is -0.331 e. The van der Waals surface area contributed by atoms with Gasteiger partial charge in [0.2, 0.25) is 34.8 Å². The monoisotopic (exact) mass is 362 g/mol. The summed E-state index contributed by atoms with van der Waals surface area (Å²) in [6.07, 6.45) is 0. The molecule has 11 heteroatoms. The molecule has 0 fully saturated rings. The van der Waals surface area contributed by atoms with Gasteiger partial charge in [-0.3, -0.25) is 0 Å². The van der Waals surface area contributed by atoms with Crippen LogP contribution in [0.4, 0.5) is 39.5 Å². The molecule has 2 rings (SSSR count). The minimum atomic E-state index is -2.46. The molecule has 0 unspecified atom stereocenters. The van der Waals surface area contributed by atoms with E-state index in [1.165, 1.54) is 0 Å². The number of halogens is 9. The van der Waals surface area contributed by atoms with Gasteiger partial charge in [-0.05, 0) is 0 Å². The van der Waals surface area contributed by atoms with Crippen LogP contribution in [0.15, 0.2) is 6.07 Å². The minimum absolute atomic E-state index is 0.0461. The predicted octanol–water partition coefficient (Wildman–Crippen LogP) is 4.45. The maximum atomic E-state index is 13.3. The van der Waals surface area contributed by atoms with Crippen LogP contribution in [0.1, 0.15) is 5.56 Å². The first-order chi connectivity index (χ1) is 11.2. The third-order valence-corrected chi connectivity index (χ3v) is 2.72. The predicted molar refractivity (Wildman–Crippen MR) is 57.9 cm³/mol. The average Bonchev–Trinajstić information content (AvgIpc) is 2.55. The molecule has 0 aliphatic rings. The number of hydrogen-bond donors (Lipinski definition) is 0. The van der Waals surface area contributed by atoms with Gasteiger partial charge in [0.1, 0.15) is 12.4 Å². The lowest BCUT2D eigenvalue weighted by atomic mass is 10.2. The summed E-state index contributed by atoms with van der Waals surface area (Å²) in [4.78, 5) is 7.79. The van der Waals surface area contributed by atoms with Crippen LogP contribution in [0.3, 0.4) is 0 Å². The van der Waals surface area contributed by atoms with Gasteiger partial charge in [-0.1, -0.05) is 0 Å². The smallest absolute Gasteiger partial charge is 0.242 e. The molecular weight excluding hydrogens is 359 g/mol. The van der Waals surface area contributed by atoms with E-state index < -0.39 is 70.3 Å². The van der Waals surface area contributed by atoms with Gasteiger partial charge in [0, 0.05) is 6.07 Å². The Morgan fingerprint density at radius 1 is 0.583 bits per heavy atom. The highest BCUT2D eigenvalue weighted by Crippen LogP contribution is 2.29. The lowest BCUT2D eigenvalue weighted by Gasteiger charge is -2.10. The number of hydrogen-bond acceptors (Lipinski definition) is 2. The molecule has 24 heavy (non-hydrogen) atoms. The van der Waals surface area contributed by atoms with Crippen molar-refractivity contribution in [2.75, 3.05) is 0 Å². The van der Waals surface area contributed by atoms with Gasteiger partial charge in [-0.25, -0.2) is 30.7 Å². The van der Waals surface area contributed by atoms with Crippen molar-refractivity contribution in [1.29, 1.82) is 0 Å². The molecule has 0 radical (unpaired) electrons. The Labute approximate surface area is 126 Å². The Hall–Kier alpha value is -2.43. The maximum absolute atomic E-state index is 13.3. The Bertz CT molecular complexity index is 778. The van der Waals surface area contributed by atoms with Crippen molar-refractivity contribution in [1.82, 2.24) is 0 Å². The zero-order valence-electron chi connectivity index (χ0n) is 11.0. The molecule has 2 nitrogen and oxygen atoms in total. The van der Waals surface area contributed by atoms with Crippen LogP contribution in [0.5, 0.6) is 5.75 Å². The highest BCUT2D eigenvalue weighted by Gasteiger charge is 2.28. The summed E-state index contributed by atoms with van der Waals surface area (Å²) in [7, 11) is 0. The van der Waals surface area contributed by atoms with Gasteiger partial charge in [0.05, 0.1) is 5.56 Å². The quantitative estimate of drug-likeness (QED) is 0.263. The summed E-state index contributed by atoms with van der Waals surface area (Å²) in [5.74, 6) is -21.4. The summed E-state index contributed by atoms with van der Waals surface area (Å²) in [5.41, 5.74) is -1.24. The van der Waals surface area contributed by atoms with Crippen molar-refractivity contribution in [3.8, 4) is 5.75 Å². The summed E-state index contributed by atoms with van der Waals surface area (Å²) in [5, 5.41) is 0. The van der Waals surface area contributed by atoms with Crippen molar-refractivity contribution in [3.05, 3.63) is 64.0 Å². The lowest BCUT2D eigenvalue weighted by Crippen LogP contribution is -2.10. The molecule has 0 bridgehead atoms. The van der Waals surface area contributed by atoms with E-state index in [4.69, 9.17) is 0 Å². The SMILES string of the molecule is Fc1cc(F)c(COOc2c(F)c(F)c(F)c(F)c2F)c(F)c1F. The molecular formula is C13H3F9O2. The first-order valence-electron chi connectivity index (χ1n) is 5.79. The Kier molecular flexibility index (Phi) is 4.92. The Morgan fingerprint density at radius 2 is 1.08 bits per heavy atom. The number of benzene rings is 2. The molecule has 0 saturated heterocycles. The zero-order valence-corrected chi connectivity index (χ0v) is 11.0. The van der Waals surface area contributed by atoms with Crippen molar-refractivity contribution in [3.63, 3.8) is 0 Å². The van der Waals surface area contributed by atoms with Crippen LogP contribution >= 0.6 is 0 Å². The average molecular weight is 362 g/mol. The van der Waals surface area contributed by atoms with Gasteiger partial charge in [0.15, 0.2) is 17.5 Å². The van der Waals surface area contributed by atoms with E-state index in [0.717, 1.165) is 0 Å². The first-order valence-corrected chi connectivity index (χ1v) is 5.79. The molecule has 0 aliphatic heterocycles. The molecule has 130 valence electrons. The van der Waals surface area contributed by atoms with Crippen LogP contribution in [0, 0.1) is 52.4 Å². The van der Waals surface area contributed by atoms with E-state index in [0.29, 0.717) is 0 Å². The van der Waals surface area contributed by atoms with Gasteiger partial charge < -0.3 is 4.89 Å². The second kappa shape index (κ2) is 6.59. The van der Waals surface area contributed by atoms with Gasteiger partial charge in [-0.15, -0.1) is 0 Å². The molecule has 0 aromatic heterocycles. The van der Waals surface area contributed by atoms with Gasteiger partial charge >= 0.3 is 0 Å². The fraction of sp³-hybridized carbons (Fsp3) is 0.0769. The molecule has 0 amide bonds. The maximum Gasteiger partial charge on any atom is 0.242 e. The summed E-state index contributed by atoms with van der Waals surface area (Å²) in [6, 6.07) is -0.0461. The molecule has 0 N–H and O–H groups in total. The molecule has 2 aromatic rings. The second-order valence-electron chi connectivity index (χ2n) is 4.19. The van der Waals surface area contributed by atoms with Crippen molar-refractivity contribution < 1.29 is 49.3 Å². The molecule has 0 heterocycles. The van der Waals surface area contributed by atoms with Crippen molar-refractivity contribution in [2.45, 2.75) is 6.61 Å². The molecule has 0 aliphatic carbocycles. The molecule has 0 spiro atoms. The summed E-state index contributed by atoms with van der Waals surface area (Å²) < 4.78 is 117. The largest absolute Gasteiger partial charge is 0.331 e. The Balaban J connectivity index is 2.24. The highest BCUT2D eigenvalue weighted by atomic mass is 19.2. The topological polar surface area (TPSA) is 18.5 Å². The van der Waals surface area contributed by atoms with E-state index in [-0.39, 0.29) is 6.07 Å². The highest BCUT2D eigenvalue weighted by molar-refractivity contribution is 5.29. The van der Waals surface area contributed by atoms with Crippen LogP contribution in [-0.2, 0) is 11.5 Å². The van der Waals surface area contributed by atoms with Crippen LogP contribution in [0.2, 0.25) is 0 Å². The third kappa shape index (κ3) is 2.98. The Morgan fingerprint density at radius 3 is 1.62 bits per heavy atom. The van der Waals surface area contributed by atoms with E-state index in [2.05, 4.69) is 9.78 Å².